The average Bonchev–Trinajstić information content (AvgIpc) is 2.64. The number of hydrogen-bond acceptors (Lipinski definition) is 3. The first kappa shape index (κ1) is 9.24. The lowest BCUT2D eigenvalue weighted by Gasteiger charge is -2.09. The van der Waals surface area contributed by atoms with Crippen molar-refractivity contribution < 1.29 is 9.52 Å². The number of nitrogens with one attached hydrogen (secondary N) is 1. The van der Waals surface area contributed by atoms with Crippen molar-refractivity contribution in [3.8, 4) is 0 Å². The molecule has 2 aromatic rings. The molecule has 0 spiro atoms. The lowest BCUT2D eigenvalue weighted by atomic mass is 10.1. The number of furan rings is 1. The number of hydrogen-bond donors (Lipinski definition) is 2. The topological polar surface area (TPSA) is 45.4 Å². The first-order chi connectivity index (χ1) is 6.81. The van der Waals surface area contributed by atoms with E-state index in [0.29, 0.717) is 6.54 Å². The van der Waals surface area contributed by atoms with E-state index in [9.17, 15) is 5.11 Å². The molecule has 1 unspecified atom stereocenters. The molecule has 0 fully saturated rings. The maximum absolute atomic E-state index is 9.72. The molecule has 0 saturated carbocycles. The molecule has 3 nitrogen and oxygen atoms in total. The predicted octanol–water partition coefficient (Wildman–Crippen LogP) is 1.69. The highest BCUT2D eigenvalue weighted by molar-refractivity contribution is 5.77. The Morgan fingerprint density at radius 1 is 1.43 bits per heavy atom. The second-order valence-corrected chi connectivity index (χ2v) is 3.29. The minimum absolute atomic E-state index is 0.459. The van der Waals surface area contributed by atoms with Gasteiger partial charge in [-0.25, -0.2) is 0 Å². The normalized spacial score (nSPS) is 13.3. The van der Waals surface area contributed by atoms with Gasteiger partial charge in [-0.1, -0.05) is 6.07 Å². The summed E-state index contributed by atoms with van der Waals surface area (Å²) in [5.74, 6) is 0. The third-order valence-electron chi connectivity index (χ3n) is 2.26. The number of fused-ring (bicyclic) bond motifs is 1. The largest absolute Gasteiger partial charge is 0.464 e. The molecule has 0 aliphatic carbocycles. The molecular weight excluding hydrogens is 178 g/mol. The van der Waals surface area contributed by atoms with Crippen molar-refractivity contribution in [2.45, 2.75) is 6.10 Å². The molecule has 74 valence electrons. The Bertz CT molecular complexity index is 422. The van der Waals surface area contributed by atoms with Crippen molar-refractivity contribution in [2.75, 3.05) is 13.6 Å². The highest BCUT2D eigenvalue weighted by Crippen LogP contribution is 2.20. The minimum Gasteiger partial charge on any atom is -0.464 e. The van der Waals surface area contributed by atoms with E-state index in [2.05, 4.69) is 5.32 Å². The van der Waals surface area contributed by atoms with Crippen LogP contribution in [0.4, 0.5) is 0 Å². The van der Waals surface area contributed by atoms with Crippen LogP contribution >= 0.6 is 0 Å². The smallest absolute Gasteiger partial charge is 0.133 e. The summed E-state index contributed by atoms with van der Waals surface area (Å²) in [7, 11) is 1.82. The summed E-state index contributed by atoms with van der Waals surface area (Å²) in [4.78, 5) is 0. The van der Waals surface area contributed by atoms with E-state index in [4.69, 9.17) is 4.42 Å². The number of aliphatic hydroxyl groups is 1. The number of rotatable bonds is 3. The van der Waals surface area contributed by atoms with Crippen molar-refractivity contribution in [3.63, 3.8) is 0 Å². The second kappa shape index (κ2) is 3.82. The maximum atomic E-state index is 9.72. The predicted molar refractivity (Wildman–Crippen MR) is 55.1 cm³/mol. The van der Waals surface area contributed by atoms with Crippen LogP contribution in [-0.2, 0) is 0 Å². The molecule has 1 atom stereocenters. The van der Waals surface area contributed by atoms with E-state index in [1.807, 2.05) is 31.3 Å². The first-order valence-corrected chi connectivity index (χ1v) is 4.61. The Morgan fingerprint density at radius 3 is 3.07 bits per heavy atom. The van der Waals surface area contributed by atoms with Crippen molar-refractivity contribution in [1.82, 2.24) is 5.32 Å². The molecule has 2 rings (SSSR count). The lowest BCUT2D eigenvalue weighted by molar-refractivity contribution is 0.178. The minimum atomic E-state index is -0.459. The van der Waals surface area contributed by atoms with Crippen molar-refractivity contribution in [3.05, 3.63) is 36.1 Å². The van der Waals surface area contributed by atoms with Gasteiger partial charge < -0.3 is 14.8 Å². The van der Waals surface area contributed by atoms with Gasteiger partial charge in [-0.3, -0.25) is 0 Å². The second-order valence-electron chi connectivity index (χ2n) is 3.29. The molecule has 0 saturated heterocycles. The molecule has 0 bridgehead atoms. The van der Waals surface area contributed by atoms with Crippen LogP contribution in [0.2, 0.25) is 0 Å². The summed E-state index contributed by atoms with van der Waals surface area (Å²) in [5.41, 5.74) is 1.76. The van der Waals surface area contributed by atoms with Gasteiger partial charge in [0.25, 0.3) is 0 Å². The molecule has 3 heteroatoms. The van der Waals surface area contributed by atoms with Gasteiger partial charge in [0, 0.05) is 11.9 Å². The van der Waals surface area contributed by atoms with Crippen LogP contribution in [-0.4, -0.2) is 18.7 Å². The molecule has 0 aliphatic rings. The summed E-state index contributed by atoms with van der Waals surface area (Å²) in [6.45, 7) is 0.559. The number of benzene rings is 1. The van der Waals surface area contributed by atoms with Gasteiger partial charge in [0.1, 0.15) is 5.58 Å². The summed E-state index contributed by atoms with van der Waals surface area (Å²) < 4.78 is 5.22. The van der Waals surface area contributed by atoms with Crippen LogP contribution in [0.15, 0.2) is 34.9 Å². The molecule has 0 radical (unpaired) electrons. The zero-order valence-electron chi connectivity index (χ0n) is 8.03. The van der Waals surface area contributed by atoms with Crippen LogP contribution in [0.25, 0.3) is 11.0 Å². The van der Waals surface area contributed by atoms with Gasteiger partial charge in [0.15, 0.2) is 0 Å². The highest BCUT2D eigenvalue weighted by Gasteiger charge is 2.07. The summed E-state index contributed by atoms with van der Waals surface area (Å²) in [6.07, 6.45) is 1.19. The third-order valence-corrected chi connectivity index (χ3v) is 2.26. The quantitative estimate of drug-likeness (QED) is 0.776. The van der Waals surface area contributed by atoms with E-state index in [-0.39, 0.29) is 0 Å². The van der Waals surface area contributed by atoms with E-state index in [0.717, 1.165) is 16.5 Å². The molecule has 2 N–H and O–H groups in total. The van der Waals surface area contributed by atoms with Gasteiger partial charge >= 0.3 is 0 Å². The lowest BCUT2D eigenvalue weighted by Crippen LogP contribution is -2.16. The number of aliphatic hydroxyl groups excluding tert-OH is 1. The van der Waals surface area contributed by atoms with E-state index in [1.54, 1.807) is 6.26 Å². The molecule has 14 heavy (non-hydrogen) atoms. The SMILES string of the molecule is CNCC(O)c1ccc2occc2c1. The fourth-order valence-electron chi connectivity index (χ4n) is 1.50. The van der Waals surface area contributed by atoms with Gasteiger partial charge in [0.05, 0.1) is 12.4 Å². The molecule has 1 aromatic heterocycles. The van der Waals surface area contributed by atoms with Crippen LogP contribution in [0, 0.1) is 0 Å². The van der Waals surface area contributed by atoms with Crippen LogP contribution in [0.3, 0.4) is 0 Å². The van der Waals surface area contributed by atoms with Crippen LogP contribution in [0.1, 0.15) is 11.7 Å². The molecule has 1 heterocycles. The third kappa shape index (κ3) is 1.64. The summed E-state index contributed by atoms with van der Waals surface area (Å²) in [6, 6.07) is 7.60. The van der Waals surface area contributed by atoms with Crippen LogP contribution in [0.5, 0.6) is 0 Å². The standard InChI is InChI=1S/C11H13NO2/c1-12-7-10(13)8-2-3-11-9(6-8)4-5-14-11/h2-6,10,12-13H,7H2,1H3. The van der Waals surface area contributed by atoms with E-state index >= 15 is 0 Å². The molecule has 1 aromatic carbocycles. The van der Waals surface area contributed by atoms with E-state index in [1.165, 1.54) is 0 Å². The van der Waals surface area contributed by atoms with Gasteiger partial charge in [-0.05, 0) is 30.8 Å². The highest BCUT2D eigenvalue weighted by atomic mass is 16.3. The Labute approximate surface area is 82.3 Å². The van der Waals surface area contributed by atoms with Gasteiger partial charge in [0.2, 0.25) is 0 Å². The first-order valence-electron chi connectivity index (χ1n) is 4.61. The van der Waals surface area contributed by atoms with E-state index < -0.39 is 6.10 Å². The summed E-state index contributed by atoms with van der Waals surface area (Å²) in [5, 5.41) is 13.7. The van der Waals surface area contributed by atoms with Gasteiger partial charge in [-0.15, -0.1) is 0 Å². The fourth-order valence-corrected chi connectivity index (χ4v) is 1.50. The Hall–Kier alpha value is -1.32. The fraction of sp³-hybridized carbons (Fsp3) is 0.273. The molecule has 0 aliphatic heterocycles. The Kier molecular flexibility index (Phi) is 2.52. The molecular formula is C11H13NO2. The zero-order valence-corrected chi connectivity index (χ0v) is 8.03. The van der Waals surface area contributed by atoms with Gasteiger partial charge in [-0.2, -0.15) is 0 Å². The Morgan fingerprint density at radius 2 is 2.29 bits per heavy atom. The maximum Gasteiger partial charge on any atom is 0.133 e. The van der Waals surface area contributed by atoms with Crippen molar-refractivity contribution in [2.24, 2.45) is 0 Å². The summed E-state index contributed by atoms with van der Waals surface area (Å²) >= 11 is 0. The Balaban J connectivity index is 2.33. The molecule has 0 amide bonds. The number of likely N-dealkylation sites (N-methyl/N-ethyl adjacent to an activating group) is 1. The van der Waals surface area contributed by atoms with Crippen LogP contribution < -0.4 is 5.32 Å². The monoisotopic (exact) mass is 191 g/mol. The van der Waals surface area contributed by atoms with Crippen molar-refractivity contribution >= 4 is 11.0 Å². The van der Waals surface area contributed by atoms with Crippen molar-refractivity contribution in [1.29, 1.82) is 0 Å². The zero-order chi connectivity index (χ0) is 9.97. The average molecular weight is 191 g/mol.